The van der Waals surface area contributed by atoms with Gasteiger partial charge < -0.3 is 20.1 Å². The predicted molar refractivity (Wildman–Crippen MR) is 121 cm³/mol. The van der Waals surface area contributed by atoms with Gasteiger partial charge in [0.25, 0.3) is 0 Å². The van der Waals surface area contributed by atoms with Crippen molar-refractivity contribution in [3.8, 4) is 28.8 Å². The third-order valence-electron chi connectivity index (χ3n) is 4.90. The van der Waals surface area contributed by atoms with Crippen LogP contribution in [0, 0.1) is 5.82 Å². The van der Waals surface area contributed by atoms with E-state index in [-0.39, 0.29) is 11.3 Å². The second kappa shape index (κ2) is 8.45. The number of halogens is 1. The van der Waals surface area contributed by atoms with Crippen LogP contribution in [0.4, 0.5) is 15.8 Å². The molecule has 7 nitrogen and oxygen atoms in total. The van der Waals surface area contributed by atoms with Crippen molar-refractivity contribution < 1.29 is 13.9 Å². The van der Waals surface area contributed by atoms with E-state index in [2.05, 4.69) is 15.0 Å². The first-order valence-electron chi connectivity index (χ1n) is 9.73. The highest BCUT2D eigenvalue weighted by molar-refractivity contribution is 8.00. The summed E-state index contributed by atoms with van der Waals surface area (Å²) in [6, 6.07) is 15.7. The van der Waals surface area contributed by atoms with Crippen molar-refractivity contribution in [2.24, 2.45) is 5.73 Å². The maximum absolute atomic E-state index is 13.8. The number of hydrogen-bond acceptors (Lipinski definition) is 8. The summed E-state index contributed by atoms with van der Waals surface area (Å²) < 4.78 is 25.2. The lowest BCUT2D eigenvalue weighted by molar-refractivity contribution is 0.398. The monoisotopic (exact) mass is 447 g/mol. The third kappa shape index (κ3) is 3.72. The second-order valence-electron chi connectivity index (χ2n) is 6.86. The fourth-order valence-corrected chi connectivity index (χ4v) is 4.51. The van der Waals surface area contributed by atoms with Gasteiger partial charge in [-0.25, -0.2) is 19.3 Å². The van der Waals surface area contributed by atoms with Crippen LogP contribution < -0.4 is 20.1 Å². The van der Waals surface area contributed by atoms with E-state index in [4.69, 9.17) is 15.2 Å². The van der Waals surface area contributed by atoms with E-state index < -0.39 is 0 Å². The third-order valence-corrected chi connectivity index (χ3v) is 5.95. The van der Waals surface area contributed by atoms with Gasteiger partial charge in [0.15, 0.2) is 0 Å². The van der Waals surface area contributed by atoms with Crippen LogP contribution in [-0.4, -0.2) is 27.6 Å². The van der Waals surface area contributed by atoms with Crippen molar-refractivity contribution >= 4 is 23.1 Å². The number of hydrogen-bond donors (Lipinski definition) is 1. The maximum Gasteiger partial charge on any atom is 0.246 e. The van der Waals surface area contributed by atoms with E-state index in [9.17, 15) is 4.39 Å². The van der Waals surface area contributed by atoms with Gasteiger partial charge >= 0.3 is 0 Å². The summed E-state index contributed by atoms with van der Waals surface area (Å²) in [5, 5.41) is 0. The lowest BCUT2D eigenvalue weighted by atomic mass is 10.2. The van der Waals surface area contributed by atoms with Crippen LogP contribution in [-0.2, 0) is 0 Å². The molecule has 1 unspecified atom stereocenters. The number of thioether (sulfide) groups is 1. The average molecular weight is 447 g/mol. The summed E-state index contributed by atoms with van der Waals surface area (Å²) in [5.41, 5.74) is 8.71. The topological polar surface area (TPSA) is 86.4 Å². The molecule has 0 aliphatic carbocycles. The Morgan fingerprint density at radius 2 is 1.75 bits per heavy atom. The normalized spacial score (nSPS) is 14.8. The number of fused-ring (bicyclic) bond motifs is 1. The Bertz CT molecular complexity index is 1270. The number of aromatic nitrogens is 3. The fraction of sp³-hybridized carbons (Fsp3) is 0.0870. The van der Waals surface area contributed by atoms with Crippen LogP contribution in [0.2, 0.25) is 0 Å². The molecule has 0 bridgehead atoms. The molecule has 4 aromatic rings. The lowest BCUT2D eigenvalue weighted by Gasteiger charge is -2.23. The Balaban J connectivity index is 1.43. The van der Waals surface area contributed by atoms with Gasteiger partial charge in [-0.3, -0.25) is 0 Å². The number of rotatable bonds is 5. The second-order valence-corrected chi connectivity index (χ2v) is 8.02. The van der Waals surface area contributed by atoms with Gasteiger partial charge in [-0.05, 0) is 54.6 Å². The molecule has 3 heterocycles. The molecule has 0 spiro atoms. The first-order chi connectivity index (χ1) is 15.6. The summed E-state index contributed by atoms with van der Waals surface area (Å²) in [5.74, 6) is 1.02. The van der Waals surface area contributed by atoms with E-state index in [0.717, 1.165) is 16.3 Å². The summed E-state index contributed by atoms with van der Waals surface area (Å²) >= 11 is 1.48. The molecule has 0 amide bonds. The van der Waals surface area contributed by atoms with Crippen molar-refractivity contribution in [1.82, 2.24) is 15.0 Å². The molecule has 2 aromatic carbocycles. The molecule has 0 saturated heterocycles. The number of nitrogens with zero attached hydrogens (tertiary/aromatic N) is 4. The molecule has 0 fully saturated rings. The first-order valence-corrected chi connectivity index (χ1v) is 10.6. The largest absolute Gasteiger partial charge is 0.481 e. The summed E-state index contributed by atoms with van der Waals surface area (Å²) in [6.07, 6.45) is 4.78. The summed E-state index contributed by atoms with van der Waals surface area (Å²) in [7, 11) is 1.55. The maximum atomic E-state index is 13.8. The van der Waals surface area contributed by atoms with Crippen LogP contribution in [0.5, 0.6) is 17.5 Å². The minimum Gasteiger partial charge on any atom is -0.481 e. The van der Waals surface area contributed by atoms with Gasteiger partial charge in [0, 0.05) is 29.2 Å². The predicted octanol–water partition coefficient (Wildman–Crippen LogP) is 4.96. The highest BCUT2D eigenvalue weighted by Crippen LogP contribution is 2.46. The molecule has 0 radical (unpaired) electrons. The average Bonchev–Trinajstić information content (AvgIpc) is 3.15. The minimum atomic E-state index is -0.344. The van der Waals surface area contributed by atoms with E-state index in [1.54, 1.807) is 37.8 Å². The minimum absolute atomic E-state index is 0.301. The fourth-order valence-electron chi connectivity index (χ4n) is 3.49. The van der Waals surface area contributed by atoms with Gasteiger partial charge in [0.05, 0.1) is 18.4 Å². The van der Waals surface area contributed by atoms with Crippen molar-refractivity contribution in [3.63, 3.8) is 0 Å². The van der Waals surface area contributed by atoms with Gasteiger partial charge in [-0.1, -0.05) is 11.8 Å². The number of pyridine rings is 1. The zero-order valence-corrected chi connectivity index (χ0v) is 17.8. The smallest absolute Gasteiger partial charge is 0.246 e. The first kappa shape index (κ1) is 20.2. The Hall–Kier alpha value is -3.69. The van der Waals surface area contributed by atoms with Crippen LogP contribution >= 0.6 is 11.8 Å². The van der Waals surface area contributed by atoms with Crippen LogP contribution in [0.3, 0.4) is 0 Å². The number of benzene rings is 2. The summed E-state index contributed by atoms with van der Waals surface area (Å²) in [6.45, 7) is 0. The molecule has 1 aliphatic rings. The van der Waals surface area contributed by atoms with Crippen molar-refractivity contribution in [2.45, 2.75) is 10.4 Å². The molecule has 0 saturated carbocycles. The molecule has 1 atom stereocenters. The number of ether oxygens (including phenoxy) is 2. The number of methoxy groups -OCH3 is 1. The Kier molecular flexibility index (Phi) is 5.34. The van der Waals surface area contributed by atoms with Crippen LogP contribution in [0.1, 0.15) is 0 Å². The van der Waals surface area contributed by atoms with Gasteiger partial charge in [-0.2, -0.15) is 0 Å². The highest BCUT2D eigenvalue weighted by atomic mass is 32.2. The van der Waals surface area contributed by atoms with Crippen molar-refractivity contribution in [1.29, 1.82) is 0 Å². The van der Waals surface area contributed by atoms with Crippen LogP contribution in [0.25, 0.3) is 11.3 Å². The molecule has 9 heteroatoms. The Labute approximate surface area is 188 Å². The molecule has 1 aliphatic heterocycles. The molecule has 2 aromatic heterocycles. The van der Waals surface area contributed by atoms with E-state index in [1.165, 1.54) is 23.9 Å². The van der Waals surface area contributed by atoms with Crippen molar-refractivity contribution in [2.75, 3.05) is 12.0 Å². The van der Waals surface area contributed by atoms with Gasteiger partial charge in [0.1, 0.15) is 22.8 Å². The van der Waals surface area contributed by atoms with E-state index >= 15 is 0 Å². The highest BCUT2D eigenvalue weighted by Gasteiger charge is 2.29. The van der Waals surface area contributed by atoms with E-state index in [0.29, 0.717) is 28.8 Å². The van der Waals surface area contributed by atoms with Crippen LogP contribution in [0.15, 0.2) is 78.1 Å². The SMILES string of the molecule is COc1ncccc1-c1nccnc1Oc1ccc(N2c3cc(F)ccc3SC2N)cc1. The summed E-state index contributed by atoms with van der Waals surface area (Å²) in [4.78, 5) is 15.8. The quantitative estimate of drug-likeness (QED) is 0.459. The zero-order valence-electron chi connectivity index (χ0n) is 17.0. The molecule has 32 heavy (non-hydrogen) atoms. The molecule has 2 N–H and O–H groups in total. The standard InChI is InChI=1S/C23H18FN5O2S/c1-30-21-17(3-2-10-27-21)20-22(28-12-11-26-20)31-16-7-5-15(6-8-16)29-18-13-14(24)4-9-19(18)32-23(29)25/h2-13,23H,25H2,1H3. The molecule has 5 rings (SSSR count). The number of nitrogens with two attached hydrogens (primary N) is 1. The van der Waals surface area contributed by atoms with Gasteiger partial charge in [-0.15, -0.1) is 0 Å². The molecule has 160 valence electrons. The van der Waals surface area contributed by atoms with Crippen molar-refractivity contribution in [3.05, 3.63) is 79.0 Å². The molecular weight excluding hydrogens is 429 g/mol. The lowest BCUT2D eigenvalue weighted by Crippen LogP contribution is -2.31. The Morgan fingerprint density at radius 3 is 2.56 bits per heavy atom. The van der Waals surface area contributed by atoms with Gasteiger partial charge in [0.2, 0.25) is 11.8 Å². The zero-order chi connectivity index (χ0) is 22.1. The number of anilines is 2. The molecular formula is C23H18FN5O2S. The van der Waals surface area contributed by atoms with E-state index in [1.807, 2.05) is 35.2 Å². The Morgan fingerprint density at radius 1 is 0.969 bits per heavy atom.